The van der Waals surface area contributed by atoms with E-state index in [0.29, 0.717) is 18.8 Å². The average molecular weight is 678 g/mol. The number of benzene rings is 1. The van der Waals surface area contributed by atoms with Gasteiger partial charge in [0.15, 0.2) is 5.75 Å². The molecule has 0 aliphatic heterocycles. The standard InChI is InChI=1S/C35H62NO8P.Na/c1-3-5-7-9-11-13-15-17-19-21-29-41-31-35(42-30-22-20-18-16-14-12-10-8-6-4-2)32-43-45(39,40)44-34-25-23-33(24-26-34)27-28-36(37)38;/h23-28,35H,3-22,29-32H2,1-2H3,(H,39,40);/q;+1/p-1/b28-27+;. The number of unbranched alkanes of at least 4 members (excludes halogenated alkanes) is 18. The van der Waals surface area contributed by atoms with Crippen molar-refractivity contribution in [3.63, 3.8) is 0 Å². The van der Waals surface area contributed by atoms with Crippen LogP contribution in [0, 0.1) is 10.1 Å². The van der Waals surface area contributed by atoms with E-state index >= 15 is 0 Å². The summed E-state index contributed by atoms with van der Waals surface area (Å²) in [5.74, 6) is 0.0617. The van der Waals surface area contributed by atoms with Gasteiger partial charge < -0.3 is 23.8 Å². The van der Waals surface area contributed by atoms with Crippen LogP contribution in [0.25, 0.3) is 6.08 Å². The summed E-state index contributed by atoms with van der Waals surface area (Å²) in [6.07, 6.45) is 26.4. The minimum absolute atomic E-state index is 0. The summed E-state index contributed by atoms with van der Waals surface area (Å²) in [5, 5.41) is 10.5. The number of rotatable bonds is 32. The SMILES string of the molecule is CCCCCCCCCCCCOCC(CO[P+]([O-])([O-])Oc1ccc(/C=C/[N+](=O)[O-])cc1)OCCCCCCCCCCCC.[Na+]. The van der Waals surface area contributed by atoms with Crippen LogP contribution in [0.1, 0.15) is 148 Å². The molecule has 0 N–H and O–H groups in total. The predicted octanol–water partition coefficient (Wildman–Crippen LogP) is 5.98. The third-order valence-corrected chi connectivity index (χ3v) is 8.60. The first kappa shape index (κ1) is 45.4. The van der Waals surface area contributed by atoms with E-state index in [2.05, 4.69) is 13.8 Å². The molecule has 0 saturated carbocycles. The summed E-state index contributed by atoms with van der Waals surface area (Å²) in [7, 11) is -4.66. The molecule has 1 rings (SSSR count). The van der Waals surface area contributed by atoms with Crippen LogP contribution >= 0.6 is 8.17 Å². The Balaban J connectivity index is 0.0000202. The van der Waals surface area contributed by atoms with Gasteiger partial charge in [-0.3, -0.25) is 10.1 Å². The molecular weight excluding hydrogens is 616 g/mol. The van der Waals surface area contributed by atoms with Gasteiger partial charge in [-0.1, -0.05) is 142 Å². The van der Waals surface area contributed by atoms with Gasteiger partial charge in [0, 0.05) is 19.3 Å². The van der Waals surface area contributed by atoms with Gasteiger partial charge in [0.05, 0.1) is 11.5 Å². The smallest absolute Gasteiger partial charge is 0.627 e. The molecule has 1 aromatic carbocycles. The molecule has 11 heteroatoms. The Kier molecular flexibility index (Phi) is 31.2. The largest absolute Gasteiger partial charge is 1.00 e. The molecule has 0 aliphatic carbocycles. The van der Waals surface area contributed by atoms with Crippen molar-refractivity contribution in [1.82, 2.24) is 0 Å². The van der Waals surface area contributed by atoms with Crippen molar-refractivity contribution in [1.29, 1.82) is 0 Å². The van der Waals surface area contributed by atoms with Gasteiger partial charge >= 0.3 is 29.6 Å². The monoisotopic (exact) mass is 677 g/mol. The second-order valence-electron chi connectivity index (χ2n) is 11.9. The fourth-order valence-electron chi connectivity index (χ4n) is 5.01. The number of phosphoric acid groups is 1. The average Bonchev–Trinajstić information content (AvgIpc) is 3.02. The number of hydrogen-bond acceptors (Lipinski definition) is 8. The zero-order valence-electron chi connectivity index (χ0n) is 29.2. The van der Waals surface area contributed by atoms with Gasteiger partial charge in [-0.2, -0.15) is 0 Å². The summed E-state index contributed by atoms with van der Waals surface area (Å²) in [6.45, 7) is 5.67. The first-order valence-electron chi connectivity index (χ1n) is 17.6. The third kappa shape index (κ3) is 28.4. The van der Waals surface area contributed by atoms with Crippen LogP contribution in [-0.2, 0) is 14.0 Å². The van der Waals surface area contributed by atoms with Crippen molar-refractivity contribution in [2.45, 2.75) is 148 Å². The normalized spacial score (nSPS) is 12.3. The Labute approximate surface area is 302 Å². The number of phosphoric ester groups is 1. The maximum atomic E-state index is 12.5. The number of nitro groups is 1. The van der Waals surface area contributed by atoms with Crippen LogP contribution in [0.5, 0.6) is 5.75 Å². The first-order chi connectivity index (χ1) is 21.9. The van der Waals surface area contributed by atoms with Crippen LogP contribution in [-0.4, -0.2) is 37.5 Å². The molecule has 1 atom stereocenters. The van der Waals surface area contributed by atoms with Crippen molar-refractivity contribution < 1.29 is 62.8 Å². The Hall–Kier alpha value is -0.610. The molecule has 1 aromatic rings. The summed E-state index contributed by atoms with van der Waals surface area (Å²) >= 11 is 0. The summed E-state index contributed by atoms with van der Waals surface area (Å²) in [6, 6.07) is 5.88. The molecular formula is C35H61NNaO8P. The maximum absolute atomic E-state index is 12.5. The van der Waals surface area contributed by atoms with E-state index in [1.165, 1.54) is 133 Å². The minimum atomic E-state index is -4.66. The molecule has 260 valence electrons. The van der Waals surface area contributed by atoms with Crippen LogP contribution in [0.4, 0.5) is 0 Å². The van der Waals surface area contributed by atoms with Crippen molar-refractivity contribution >= 4 is 14.2 Å². The molecule has 9 nitrogen and oxygen atoms in total. The quantitative estimate of drug-likeness (QED) is 0.0300. The molecule has 1 unspecified atom stereocenters. The van der Waals surface area contributed by atoms with Crippen LogP contribution in [0.2, 0.25) is 0 Å². The minimum Gasteiger partial charge on any atom is -0.627 e. The van der Waals surface area contributed by atoms with Gasteiger partial charge in [-0.15, -0.1) is 0 Å². The summed E-state index contributed by atoms with van der Waals surface area (Å²) < 4.78 is 22.1. The molecule has 0 aliphatic rings. The van der Waals surface area contributed by atoms with E-state index in [4.69, 9.17) is 18.5 Å². The molecule has 0 radical (unpaired) electrons. The Bertz CT molecular complexity index is 860. The van der Waals surface area contributed by atoms with E-state index in [1.807, 2.05) is 0 Å². The molecule has 0 saturated heterocycles. The maximum Gasteiger partial charge on any atom is 1.00 e. The van der Waals surface area contributed by atoms with Crippen molar-refractivity contribution in [3.8, 4) is 5.75 Å². The molecule has 0 amide bonds. The van der Waals surface area contributed by atoms with Gasteiger partial charge in [0.1, 0.15) is 12.7 Å². The molecule has 46 heavy (non-hydrogen) atoms. The Morgan fingerprint density at radius 3 is 1.63 bits per heavy atom. The topological polar surface area (TPSA) is 126 Å². The summed E-state index contributed by atoms with van der Waals surface area (Å²) in [5.41, 5.74) is 0.542. The zero-order chi connectivity index (χ0) is 32.9. The number of nitrogens with zero attached hydrogens (tertiary/aromatic N) is 1. The first-order valence-corrected chi connectivity index (χ1v) is 19.1. The van der Waals surface area contributed by atoms with Gasteiger partial charge in [-0.05, 0) is 30.5 Å². The molecule has 0 spiro atoms. The molecule has 0 bridgehead atoms. The second kappa shape index (κ2) is 31.6. The van der Waals surface area contributed by atoms with Crippen LogP contribution in [0.3, 0.4) is 0 Å². The second-order valence-corrected chi connectivity index (χ2v) is 13.3. The number of ether oxygens (including phenoxy) is 2. The van der Waals surface area contributed by atoms with Crippen molar-refractivity contribution in [2.24, 2.45) is 0 Å². The van der Waals surface area contributed by atoms with Gasteiger partial charge in [0.25, 0.3) is 0 Å². The summed E-state index contributed by atoms with van der Waals surface area (Å²) in [4.78, 5) is 35.0. The van der Waals surface area contributed by atoms with E-state index in [1.54, 1.807) is 0 Å². The Morgan fingerprint density at radius 2 is 1.15 bits per heavy atom. The van der Waals surface area contributed by atoms with E-state index in [0.717, 1.165) is 31.9 Å². The van der Waals surface area contributed by atoms with E-state index in [-0.39, 0.29) is 48.5 Å². The molecule has 0 aromatic heterocycles. The predicted molar refractivity (Wildman–Crippen MR) is 180 cm³/mol. The van der Waals surface area contributed by atoms with Crippen molar-refractivity contribution in [3.05, 3.63) is 46.1 Å². The molecule has 0 heterocycles. The fraction of sp³-hybridized carbons (Fsp3) is 0.771. The van der Waals surface area contributed by atoms with E-state index in [9.17, 15) is 19.9 Å². The fourth-order valence-corrected chi connectivity index (χ4v) is 5.79. The zero-order valence-corrected chi connectivity index (χ0v) is 32.1. The van der Waals surface area contributed by atoms with Gasteiger partial charge in [-0.25, -0.2) is 4.52 Å². The Morgan fingerprint density at radius 1 is 0.696 bits per heavy atom. The van der Waals surface area contributed by atoms with E-state index < -0.39 is 19.2 Å². The number of hydrogen-bond donors (Lipinski definition) is 0. The third-order valence-electron chi connectivity index (χ3n) is 7.70. The van der Waals surface area contributed by atoms with Crippen LogP contribution < -0.4 is 43.9 Å². The van der Waals surface area contributed by atoms with Crippen LogP contribution in [0.15, 0.2) is 30.5 Å². The van der Waals surface area contributed by atoms with Crippen molar-refractivity contribution in [2.75, 3.05) is 26.4 Å². The van der Waals surface area contributed by atoms with Gasteiger partial charge in [0.2, 0.25) is 14.4 Å². The molecule has 0 fully saturated rings.